The monoisotopic (exact) mass is 1070 g/mol. The molecule has 1 aliphatic carbocycles. The Morgan fingerprint density at radius 2 is 0.892 bits per heavy atom. The molecule has 0 saturated heterocycles. The molecule has 3 aromatic heterocycles. The first-order valence-corrected chi connectivity index (χ1v) is 29.0. The Hall–Kier alpha value is -9.58. The fourth-order valence-electron chi connectivity index (χ4n) is 12.4. The number of imidazole rings is 1. The zero-order chi connectivity index (χ0) is 56.9. The minimum Gasteiger partial charge on any atom is -0.458 e. The number of hydrogen-bond donors (Lipinski definition) is 0. The highest BCUT2D eigenvalue weighted by Gasteiger charge is 2.27. The maximum absolute atomic E-state index is 6.91. The van der Waals surface area contributed by atoms with Crippen molar-refractivity contribution in [2.24, 2.45) is 0 Å². The largest absolute Gasteiger partial charge is 0.458 e. The minimum atomic E-state index is -0.0897. The van der Waals surface area contributed by atoms with E-state index in [2.05, 4.69) is 307 Å². The number of nitrogens with zero attached hydrogens (tertiary/aromatic N) is 4. The van der Waals surface area contributed by atoms with Gasteiger partial charge in [-0.1, -0.05) is 232 Å². The third-order valence-electron chi connectivity index (χ3n) is 16.9. The van der Waals surface area contributed by atoms with E-state index in [4.69, 9.17) is 9.72 Å². The van der Waals surface area contributed by atoms with Crippen molar-refractivity contribution in [3.63, 3.8) is 0 Å². The van der Waals surface area contributed by atoms with Crippen molar-refractivity contribution >= 4 is 32.8 Å². The Bertz CT molecular complexity index is 4680. The summed E-state index contributed by atoms with van der Waals surface area (Å²) in [5, 5.41) is 2.31. The zero-order valence-corrected chi connectivity index (χ0v) is 48.7. The predicted molar refractivity (Wildman–Crippen MR) is 345 cm³/mol. The highest BCUT2D eigenvalue weighted by molar-refractivity contribution is 6.10. The van der Waals surface area contributed by atoms with Crippen molar-refractivity contribution in [2.45, 2.75) is 78.6 Å². The number of aromatic nitrogens is 4. The van der Waals surface area contributed by atoms with Crippen LogP contribution >= 0.6 is 0 Å². The van der Waals surface area contributed by atoms with Gasteiger partial charge < -0.3 is 4.74 Å². The fraction of sp³-hybridized carbons (Fsp3) is 0.154. The number of ether oxygens (including phenoxy) is 1. The molecule has 0 aliphatic heterocycles. The summed E-state index contributed by atoms with van der Waals surface area (Å²) in [5.74, 6) is 2.33. The molecule has 0 amide bonds. The molecular weight excluding hydrogens is 1010 g/mol. The van der Waals surface area contributed by atoms with Crippen LogP contribution in [0.3, 0.4) is 0 Å². The highest BCUT2D eigenvalue weighted by atomic mass is 16.5. The Morgan fingerprint density at radius 3 is 1.53 bits per heavy atom. The number of para-hydroxylation sites is 4. The van der Waals surface area contributed by atoms with Crippen LogP contribution in [0.5, 0.6) is 11.5 Å². The number of rotatable bonds is 7. The summed E-state index contributed by atoms with van der Waals surface area (Å²) >= 11 is 0. The second-order valence-electron chi connectivity index (χ2n) is 25.4. The Labute approximate surface area is 487 Å². The van der Waals surface area contributed by atoms with Gasteiger partial charge in [0.25, 0.3) is 6.33 Å². The molecule has 10 aromatic carbocycles. The van der Waals surface area contributed by atoms with Gasteiger partial charge in [0, 0.05) is 23.0 Å². The van der Waals surface area contributed by atoms with Gasteiger partial charge >= 0.3 is 0 Å². The first-order chi connectivity index (χ1) is 40.0. The van der Waals surface area contributed by atoms with E-state index in [0.29, 0.717) is 0 Å². The van der Waals surface area contributed by atoms with E-state index in [0.717, 1.165) is 72.8 Å². The molecule has 0 N–H and O–H groups in total. The summed E-state index contributed by atoms with van der Waals surface area (Å²) in [6.07, 6.45) is 5.92. The van der Waals surface area contributed by atoms with Crippen molar-refractivity contribution in [3.05, 3.63) is 260 Å². The smallest absolute Gasteiger partial charge is 0.269 e. The molecule has 0 saturated carbocycles. The summed E-state index contributed by atoms with van der Waals surface area (Å²) in [7, 11) is 0. The van der Waals surface area contributed by atoms with E-state index in [-0.39, 0.29) is 16.2 Å². The summed E-state index contributed by atoms with van der Waals surface area (Å²) in [6.45, 7) is 20.6. The molecule has 14 rings (SSSR count). The summed E-state index contributed by atoms with van der Waals surface area (Å²) in [5.41, 5.74) is 24.0. The fourth-order valence-corrected chi connectivity index (χ4v) is 12.4. The summed E-state index contributed by atoms with van der Waals surface area (Å²) < 4.78 is 13.7. The first kappa shape index (κ1) is 51.6. The minimum absolute atomic E-state index is 0.0337. The quantitative estimate of drug-likeness (QED) is 0.118. The summed E-state index contributed by atoms with van der Waals surface area (Å²) in [4.78, 5) is 4.94. The lowest BCUT2D eigenvalue weighted by molar-refractivity contribution is -0.571. The normalized spacial score (nSPS) is 12.4. The molecule has 0 spiro atoms. The highest BCUT2D eigenvalue weighted by Crippen LogP contribution is 2.49. The van der Waals surface area contributed by atoms with Crippen LogP contribution in [0.1, 0.15) is 79.0 Å². The SMILES string of the molecule is CC(C)(C)c1cc(-c2cccc(-c3ccc4c(c3)-c3ccccc3-c3ccccc3-c3ccccc3-4)c2-[n+]2[c-]n(-c3cccc(Oc4ccc5c6ccccc6n(-c6cc(C(C)(C)C)ccn6)c5c4)c3)c3ccccc32)cc(C(C)(C)C)c1. The lowest BCUT2D eigenvalue weighted by Gasteiger charge is -2.27. The van der Waals surface area contributed by atoms with Gasteiger partial charge in [0.2, 0.25) is 0 Å². The van der Waals surface area contributed by atoms with Crippen LogP contribution < -0.4 is 9.30 Å². The van der Waals surface area contributed by atoms with Crippen molar-refractivity contribution in [1.29, 1.82) is 0 Å². The lowest BCUT2D eigenvalue weighted by atomic mass is 9.78. The van der Waals surface area contributed by atoms with Gasteiger partial charge in [-0.15, -0.1) is 0 Å². The maximum atomic E-state index is 6.91. The topological polar surface area (TPSA) is 35.9 Å². The molecule has 0 fully saturated rings. The molecule has 404 valence electrons. The van der Waals surface area contributed by atoms with E-state index >= 15 is 0 Å². The molecule has 3 heterocycles. The van der Waals surface area contributed by atoms with Gasteiger partial charge in [-0.2, -0.15) is 0 Å². The Kier molecular flexibility index (Phi) is 12.2. The number of hydrogen-bond acceptors (Lipinski definition) is 2. The van der Waals surface area contributed by atoms with Crippen LogP contribution in [0.2, 0.25) is 0 Å². The van der Waals surface area contributed by atoms with Gasteiger partial charge in [-0.05, 0) is 154 Å². The van der Waals surface area contributed by atoms with Crippen LogP contribution in [0, 0.1) is 6.33 Å². The third kappa shape index (κ3) is 9.03. The molecule has 0 unspecified atom stereocenters. The standard InChI is InChI=1S/C78H66N4O/c1-76(2,3)52-40-41-79-74(46-52)82-70-33-17-16-30-67(70)68-39-37-57(48-73(68)82)83-56-23-20-22-55(47-56)80-49-81(72-35-19-18-34-71(72)80)75-58(31-21-32-59(75)51-42-53(77(4,5)6)45-54(43-51)78(7,8)9)50-36-38-66-64-28-13-12-26-62(64)60-24-10-11-25-61(60)63-27-14-15-29-65(63)69(66)44-50/h10-48H,1-9H3. The lowest BCUT2D eigenvalue weighted by Crippen LogP contribution is -2.31. The molecule has 13 aromatic rings. The average Bonchev–Trinajstić information content (AvgIpc) is 2.42. The Morgan fingerprint density at radius 1 is 0.373 bits per heavy atom. The van der Waals surface area contributed by atoms with E-state index < -0.39 is 0 Å². The molecule has 0 atom stereocenters. The van der Waals surface area contributed by atoms with Crippen molar-refractivity contribution in [2.75, 3.05) is 0 Å². The molecule has 0 radical (unpaired) electrons. The van der Waals surface area contributed by atoms with Gasteiger partial charge in [0.1, 0.15) is 17.3 Å². The van der Waals surface area contributed by atoms with E-state index in [9.17, 15) is 0 Å². The predicted octanol–water partition coefficient (Wildman–Crippen LogP) is 20.2. The van der Waals surface area contributed by atoms with Crippen LogP contribution in [-0.4, -0.2) is 14.1 Å². The third-order valence-corrected chi connectivity index (χ3v) is 16.9. The van der Waals surface area contributed by atoms with Gasteiger partial charge in [0.05, 0.1) is 33.4 Å². The number of fused-ring (bicyclic) bond motifs is 12. The van der Waals surface area contributed by atoms with Crippen molar-refractivity contribution in [1.82, 2.24) is 14.1 Å². The molecule has 0 bridgehead atoms. The van der Waals surface area contributed by atoms with Crippen molar-refractivity contribution in [3.8, 4) is 95.5 Å². The first-order valence-electron chi connectivity index (χ1n) is 29.0. The van der Waals surface area contributed by atoms with Crippen molar-refractivity contribution < 1.29 is 9.30 Å². The molecule has 83 heavy (non-hydrogen) atoms. The van der Waals surface area contributed by atoms with Gasteiger partial charge in [-0.3, -0.25) is 13.7 Å². The number of benzene rings is 10. The Balaban J connectivity index is 0.948. The van der Waals surface area contributed by atoms with Crippen LogP contribution in [0.4, 0.5) is 0 Å². The molecule has 5 nitrogen and oxygen atoms in total. The van der Waals surface area contributed by atoms with E-state index in [1.807, 2.05) is 12.3 Å². The van der Waals surface area contributed by atoms with E-state index in [1.54, 1.807) is 0 Å². The summed E-state index contributed by atoms with van der Waals surface area (Å²) in [6, 6.07) is 84.2. The average molecular weight is 1080 g/mol. The zero-order valence-electron chi connectivity index (χ0n) is 48.7. The molecular formula is C78H66N4O. The molecule has 5 heteroatoms. The van der Waals surface area contributed by atoms with Gasteiger partial charge in [-0.25, -0.2) is 4.98 Å². The maximum Gasteiger partial charge on any atom is 0.269 e. The van der Waals surface area contributed by atoms with Gasteiger partial charge in [0.15, 0.2) is 0 Å². The van der Waals surface area contributed by atoms with E-state index in [1.165, 1.54) is 72.1 Å². The molecule has 1 aliphatic rings. The van der Waals surface area contributed by atoms with Crippen LogP contribution in [-0.2, 0) is 16.2 Å². The number of pyridine rings is 1. The van der Waals surface area contributed by atoms with Crippen LogP contribution in [0.15, 0.2) is 237 Å². The second-order valence-corrected chi connectivity index (χ2v) is 25.4. The van der Waals surface area contributed by atoms with Crippen LogP contribution in [0.25, 0.3) is 117 Å². The second kappa shape index (κ2) is 19.6.